The van der Waals surface area contributed by atoms with Crippen molar-refractivity contribution in [1.29, 1.82) is 0 Å². The van der Waals surface area contributed by atoms with Gasteiger partial charge in [-0.15, -0.1) is 11.6 Å². The fraction of sp³-hybridized carbons (Fsp3) is 0.714. The Labute approximate surface area is 175 Å². The Morgan fingerprint density at radius 2 is 2.18 bits per heavy atom. The molecule has 28 heavy (non-hydrogen) atoms. The van der Waals surface area contributed by atoms with Crippen molar-refractivity contribution in [2.24, 2.45) is 28.3 Å². The molecule has 1 heterocycles. The van der Waals surface area contributed by atoms with Crippen LogP contribution < -0.4 is 22.1 Å². The number of alkyl halides is 1. The SMILES string of the molecule is CCCCC(Cl)/C=N\C(/C=C(/C)CC)C(C(=O)NC1=CNCCC1C)C(N)N. The molecule has 4 unspecified atom stereocenters. The summed E-state index contributed by atoms with van der Waals surface area (Å²) in [6.07, 6.45) is 9.54. The number of unbranched alkanes of at least 4 members (excludes halogenated alkanes) is 1. The second-order valence-electron chi connectivity index (χ2n) is 7.65. The van der Waals surface area contributed by atoms with Crippen molar-refractivity contribution in [2.75, 3.05) is 6.54 Å². The number of amides is 1. The first-order valence-corrected chi connectivity index (χ1v) is 10.8. The highest BCUT2D eigenvalue weighted by atomic mass is 35.5. The van der Waals surface area contributed by atoms with E-state index >= 15 is 0 Å². The third-order valence-electron chi connectivity index (χ3n) is 5.13. The molecule has 1 aliphatic heterocycles. The van der Waals surface area contributed by atoms with Gasteiger partial charge in [0.05, 0.1) is 23.5 Å². The molecule has 0 aromatic rings. The van der Waals surface area contributed by atoms with Crippen LogP contribution in [0.1, 0.15) is 59.8 Å². The Hall–Kier alpha value is -1.37. The van der Waals surface area contributed by atoms with E-state index < -0.39 is 18.1 Å². The summed E-state index contributed by atoms with van der Waals surface area (Å²) in [5.41, 5.74) is 14.0. The normalized spacial score (nSPS) is 21.2. The molecule has 6 N–H and O–H groups in total. The molecule has 160 valence electrons. The highest BCUT2D eigenvalue weighted by molar-refractivity contribution is 6.28. The first kappa shape index (κ1) is 24.7. The van der Waals surface area contributed by atoms with Gasteiger partial charge in [0.1, 0.15) is 0 Å². The smallest absolute Gasteiger partial charge is 0.232 e. The number of carbonyl (C=O) groups is 1. The molecule has 0 aromatic heterocycles. The molecule has 7 heteroatoms. The highest BCUT2D eigenvalue weighted by Gasteiger charge is 2.32. The Balaban J connectivity index is 3.04. The minimum Gasteiger partial charge on any atom is -0.389 e. The average molecular weight is 412 g/mol. The maximum absolute atomic E-state index is 13.1. The number of rotatable bonds is 11. The fourth-order valence-corrected chi connectivity index (χ4v) is 3.26. The molecule has 1 aliphatic rings. The second-order valence-corrected chi connectivity index (χ2v) is 8.21. The highest BCUT2D eigenvalue weighted by Crippen LogP contribution is 2.19. The zero-order valence-electron chi connectivity index (χ0n) is 17.7. The lowest BCUT2D eigenvalue weighted by molar-refractivity contribution is -0.125. The minimum absolute atomic E-state index is 0.166. The van der Waals surface area contributed by atoms with E-state index in [1.807, 2.05) is 19.2 Å². The van der Waals surface area contributed by atoms with Crippen LogP contribution in [0.4, 0.5) is 0 Å². The monoisotopic (exact) mass is 411 g/mol. The number of nitrogens with zero attached hydrogens (tertiary/aromatic N) is 1. The van der Waals surface area contributed by atoms with Crippen molar-refractivity contribution in [3.63, 3.8) is 0 Å². The van der Waals surface area contributed by atoms with Gasteiger partial charge in [-0.3, -0.25) is 9.79 Å². The van der Waals surface area contributed by atoms with Crippen molar-refractivity contribution < 1.29 is 4.79 Å². The van der Waals surface area contributed by atoms with Crippen molar-refractivity contribution >= 4 is 23.7 Å². The number of allylic oxidation sites excluding steroid dienone is 2. The summed E-state index contributed by atoms with van der Waals surface area (Å²) in [6.45, 7) is 9.20. The van der Waals surface area contributed by atoms with E-state index in [9.17, 15) is 4.79 Å². The molecule has 0 saturated carbocycles. The second kappa shape index (κ2) is 13.0. The third-order valence-corrected chi connectivity index (χ3v) is 5.46. The van der Waals surface area contributed by atoms with Crippen molar-refractivity contribution in [1.82, 2.24) is 10.6 Å². The van der Waals surface area contributed by atoms with Crippen LogP contribution in [0.3, 0.4) is 0 Å². The first-order valence-electron chi connectivity index (χ1n) is 10.4. The largest absolute Gasteiger partial charge is 0.389 e. The van der Waals surface area contributed by atoms with Crippen LogP contribution in [0, 0.1) is 11.8 Å². The Morgan fingerprint density at radius 1 is 1.46 bits per heavy atom. The van der Waals surface area contributed by atoms with E-state index in [2.05, 4.69) is 36.4 Å². The van der Waals surface area contributed by atoms with Gasteiger partial charge in [0.2, 0.25) is 5.91 Å². The zero-order chi connectivity index (χ0) is 21.1. The molecule has 0 aromatic carbocycles. The Bertz CT molecular complexity index is 573. The predicted octanol–water partition coefficient (Wildman–Crippen LogP) is 3.03. The van der Waals surface area contributed by atoms with Crippen LogP contribution in [0.25, 0.3) is 0 Å². The van der Waals surface area contributed by atoms with Gasteiger partial charge in [0.15, 0.2) is 0 Å². The van der Waals surface area contributed by atoms with Gasteiger partial charge in [0.25, 0.3) is 0 Å². The first-order chi connectivity index (χ1) is 13.3. The number of aliphatic imine (C=N–C) groups is 1. The molecule has 0 spiro atoms. The lowest BCUT2D eigenvalue weighted by atomic mass is 9.93. The minimum atomic E-state index is -0.833. The van der Waals surface area contributed by atoms with Gasteiger partial charge in [-0.2, -0.15) is 0 Å². The van der Waals surface area contributed by atoms with Crippen molar-refractivity contribution in [3.8, 4) is 0 Å². The fourth-order valence-electron chi connectivity index (χ4n) is 3.04. The molecule has 6 nitrogen and oxygen atoms in total. The Kier molecular flexibility index (Phi) is 11.4. The number of hydrogen-bond donors (Lipinski definition) is 4. The van der Waals surface area contributed by atoms with E-state index in [-0.39, 0.29) is 17.2 Å². The molecule has 0 bridgehead atoms. The molecule has 1 rings (SSSR count). The van der Waals surface area contributed by atoms with Crippen LogP contribution in [0.5, 0.6) is 0 Å². The van der Waals surface area contributed by atoms with Gasteiger partial charge in [-0.1, -0.05) is 45.3 Å². The van der Waals surface area contributed by atoms with Gasteiger partial charge in [0, 0.05) is 24.7 Å². The molecular weight excluding hydrogens is 374 g/mol. The van der Waals surface area contributed by atoms with Crippen molar-refractivity contribution in [2.45, 2.75) is 77.4 Å². The molecule has 0 saturated heterocycles. The number of nitrogens with two attached hydrogens (primary N) is 2. The number of nitrogens with one attached hydrogen (secondary N) is 2. The van der Waals surface area contributed by atoms with Crippen LogP contribution in [-0.4, -0.2) is 36.3 Å². The molecule has 0 radical (unpaired) electrons. The average Bonchev–Trinajstić information content (AvgIpc) is 2.65. The van der Waals surface area contributed by atoms with E-state index in [1.54, 1.807) is 6.21 Å². The number of hydrogen-bond acceptors (Lipinski definition) is 5. The number of carbonyl (C=O) groups excluding carboxylic acids is 1. The van der Waals surface area contributed by atoms with Gasteiger partial charge in [-0.05, 0) is 32.1 Å². The molecule has 4 atom stereocenters. The predicted molar refractivity (Wildman–Crippen MR) is 119 cm³/mol. The topological polar surface area (TPSA) is 106 Å². The summed E-state index contributed by atoms with van der Waals surface area (Å²) in [6, 6.07) is -0.449. The van der Waals surface area contributed by atoms with Gasteiger partial charge < -0.3 is 22.1 Å². The third kappa shape index (κ3) is 8.33. The quantitative estimate of drug-likeness (QED) is 0.181. The van der Waals surface area contributed by atoms with Gasteiger partial charge >= 0.3 is 0 Å². The summed E-state index contributed by atoms with van der Waals surface area (Å²) in [5, 5.41) is 6.01. The van der Waals surface area contributed by atoms with E-state index in [1.165, 1.54) is 0 Å². The summed E-state index contributed by atoms with van der Waals surface area (Å²) in [7, 11) is 0. The maximum atomic E-state index is 13.1. The van der Waals surface area contributed by atoms with Crippen LogP contribution in [0.15, 0.2) is 28.5 Å². The maximum Gasteiger partial charge on any atom is 0.232 e. The van der Waals surface area contributed by atoms with Gasteiger partial charge in [-0.25, -0.2) is 0 Å². The van der Waals surface area contributed by atoms with E-state index in [0.717, 1.165) is 49.9 Å². The summed E-state index contributed by atoms with van der Waals surface area (Å²) in [5.74, 6) is -0.613. The molecule has 0 aliphatic carbocycles. The summed E-state index contributed by atoms with van der Waals surface area (Å²) in [4.78, 5) is 17.7. The summed E-state index contributed by atoms with van der Waals surface area (Å²) >= 11 is 6.36. The standard InChI is InChI=1S/C21H38ClN5O/c1-5-7-8-16(22)12-26-17(11-14(3)6-2)19(20(23)24)21(28)27-18-13-25-10-9-15(18)4/h11-13,15-17,19-20,25H,5-10,23-24H2,1-4H3,(H,27,28)/b14-11-,26-12-. The zero-order valence-corrected chi connectivity index (χ0v) is 18.5. The molecule has 1 amide bonds. The van der Waals surface area contributed by atoms with E-state index in [0.29, 0.717) is 0 Å². The Morgan fingerprint density at radius 3 is 2.75 bits per heavy atom. The van der Waals surface area contributed by atoms with Crippen molar-refractivity contribution in [3.05, 3.63) is 23.5 Å². The van der Waals surface area contributed by atoms with Crippen LogP contribution in [-0.2, 0) is 4.79 Å². The lowest BCUT2D eigenvalue weighted by Crippen LogP contribution is -2.52. The van der Waals surface area contributed by atoms with E-state index in [4.69, 9.17) is 23.1 Å². The summed E-state index contributed by atoms with van der Waals surface area (Å²) < 4.78 is 0. The van der Waals surface area contributed by atoms with Crippen LogP contribution >= 0.6 is 11.6 Å². The molecule has 0 fully saturated rings. The molecular formula is C21H38ClN5O. The van der Waals surface area contributed by atoms with Crippen LogP contribution in [0.2, 0.25) is 0 Å². The number of halogens is 1. The lowest BCUT2D eigenvalue weighted by Gasteiger charge is -2.28.